The number of sulfonamides is 1. The van der Waals surface area contributed by atoms with Gasteiger partial charge in [0.1, 0.15) is 6.54 Å². The zero-order chi connectivity index (χ0) is 16.9. The van der Waals surface area contributed by atoms with Gasteiger partial charge in [-0.15, -0.1) is 0 Å². The number of nitrogens with one attached hydrogen (secondary N) is 1. The Labute approximate surface area is 130 Å². The Bertz CT molecular complexity index is 655. The molecule has 0 aliphatic rings. The van der Waals surface area contributed by atoms with E-state index in [0.29, 0.717) is 0 Å². The molecule has 0 spiro atoms. The van der Waals surface area contributed by atoms with E-state index in [1.165, 1.54) is 24.3 Å². The molecule has 0 aromatic heterocycles. The predicted molar refractivity (Wildman–Crippen MR) is 81.1 cm³/mol. The number of nitrogens with zero attached hydrogens (tertiary/aromatic N) is 1. The summed E-state index contributed by atoms with van der Waals surface area (Å²) < 4.78 is 26.6. The first-order valence-corrected chi connectivity index (χ1v) is 8.29. The van der Waals surface area contributed by atoms with E-state index in [9.17, 15) is 18.0 Å². The topological polar surface area (TPSA) is 104 Å². The number of carboxylic acid groups (broad SMARTS) is 1. The van der Waals surface area contributed by atoms with E-state index < -0.39 is 28.4 Å². The lowest BCUT2D eigenvalue weighted by molar-refractivity contribution is -0.137. The fourth-order valence-corrected chi connectivity index (χ4v) is 3.14. The molecule has 1 amide bonds. The summed E-state index contributed by atoms with van der Waals surface area (Å²) in [6, 6.07) is 5.27. The molecule has 7 nitrogen and oxygen atoms in total. The number of hydrogen-bond donors (Lipinski definition) is 2. The molecule has 8 heteroatoms. The number of hydrogen-bond acceptors (Lipinski definition) is 4. The normalized spacial score (nSPS) is 11.5. The largest absolute Gasteiger partial charge is 0.480 e. The van der Waals surface area contributed by atoms with Gasteiger partial charge in [0.2, 0.25) is 10.0 Å². The van der Waals surface area contributed by atoms with Crippen LogP contribution in [0.15, 0.2) is 29.2 Å². The molecule has 0 saturated carbocycles. The maximum Gasteiger partial charge on any atom is 0.323 e. The third kappa shape index (κ3) is 4.81. The number of rotatable bonds is 7. The highest BCUT2D eigenvalue weighted by Gasteiger charge is 2.20. The van der Waals surface area contributed by atoms with Crippen LogP contribution in [0.1, 0.15) is 31.1 Å². The van der Waals surface area contributed by atoms with E-state index in [1.807, 2.05) is 0 Å². The molecule has 2 N–H and O–H groups in total. The minimum atomic E-state index is -3.71. The van der Waals surface area contributed by atoms with E-state index >= 15 is 0 Å². The second-order valence-corrected chi connectivity index (χ2v) is 6.73. The first-order valence-electron chi connectivity index (χ1n) is 6.80. The van der Waals surface area contributed by atoms with Gasteiger partial charge in [0.15, 0.2) is 0 Å². The van der Waals surface area contributed by atoms with Crippen molar-refractivity contribution in [2.75, 3.05) is 13.1 Å². The molecule has 0 fully saturated rings. The Morgan fingerprint density at radius 2 is 1.95 bits per heavy atom. The highest BCUT2D eigenvalue weighted by Crippen LogP contribution is 2.14. The fourth-order valence-electron chi connectivity index (χ4n) is 1.85. The summed E-state index contributed by atoms with van der Waals surface area (Å²) in [5.41, 5.74) is 0.134. The molecule has 122 valence electrons. The van der Waals surface area contributed by atoms with Crippen LogP contribution in [0.5, 0.6) is 0 Å². The van der Waals surface area contributed by atoms with Crippen LogP contribution in [-0.2, 0) is 14.8 Å². The lowest BCUT2D eigenvalue weighted by Crippen LogP contribution is -2.35. The van der Waals surface area contributed by atoms with Gasteiger partial charge in [0, 0.05) is 18.2 Å². The number of benzene rings is 1. The number of amides is 1. The van der Waals surface area contributed by atoms with Crippen molar-refractivity contribution in [1.82, 2.24) is 9.62 Å². The number of aliphatic carboxylic acids is 1. The SMILES string of the molecule is CCN(CC(=O)O)C(=O)c1cccc(S(=O)(=O)NC(C)C)c1. The monoisotopic (exact) mass is 328 g/mol. The van der Waals surface area contributed by atoms with Crippen molar-refractivity contribution in [2.45, 2.75) is 31.7 Å². The van der Waals surface area contributed by atoms with Gasteiger partial charge in [-0.1, -0.05) is 6.07 Å². The lowest BCUT2D eigenvalue weighted by Gasteiger charge is -2.19. The van der Waals surface area contributed by atoms with Crippen LogP contribution in [0, 0.1) is 0 Å². The molecule has 0 aliphatic carbocycles. The predicted octanol–water partition coefficient (Wildman–Crippen LogP) is 0.920. The van der Waals surface area contributed by atoms with Gasteiger partial charge in [-0.25, -0.2) is 13.1 Å². The Morgan fingerprint density at radius 1 is 1.32 bits per heavy atom. The lowest BCUT2D eigenvalue weighted by atomic mass is 10.2. The van der Waals surface area contributed by atoms with Gasteiger partial charge in [0.05, 0.1) is 4.90 Å². The van der Waals surface area contributed by atoms with Crippen molar-refractivity contribution in [3.8, 4) is 0 Å². The fraction of sp³-hybridized carbons (Fsp3) is 0.429. The van der Waals surface area contributed by atoms with Gasteiger partial charge >= 0.3 is 5.97 Å². The minimum Gasteiger partial charge on any atom is -0.480 e. The van der Waals surface area contributed by atoms with Gasteiger partial charge in [0.25, 0.3) is 5.91 Å². The number of carbonyl (C=O) groups is 2. The third-order valence-corrected chi connectivity index (χ3v) is 4.43. The molecule has 1 aromatic rings. The van der Waals surface area contributed by atoms with Crippen molar-refractivity contribution in [1.29, 1.82) is 0 Å². The highest BCUT2D eigenvalue weighted by molar-refractivity contribution is 7.89. The first kappa shape index (κ1) is 18.1. The summed E-state index contributed by atoms with van der Waals surface area (Å²) in [6.07, 6.45) is 0. The molecular weight excluding hydrogens is 308 g/mol. The van der Waals surface area contributed by atoms with E-state index in [4.69, 9.17) is 5.11 Å². The van der Waals surface area contributed by atoms with Crippen LogP contribution in [-0.4, -0.2) is 49.4 Å². The van der Waals surface area contributed by atoms with Crippen LogP contribution in [0.4, 0.5) is 0 Å². The molecule has 0 unspecified atom stereocenters. The van der Waals surface area contributed by atoms with Crippen LogP contribution in [0.25, 0.3) is 0 Å². The number of carbonyl (C=O) groups excluding carboxylic acids is 1. The summed E-state index contributed by atoms with van der Waals surface area (Å²) >= 11 is 0. The van der Waals surface area contributed by atoms with Crippen molar-refractivity contribution in [2.24, 2.45) is 0 Å². The molecule has 0 heterocycles. The van der Waals surface area contributed by atoms with Crippen LogP contribution >= 0.6 is 0 Å². The molecule has 0 radical (unpaired) electrons. The molecule has 1 rings (SSSR count). The van der Waals surface area contributed by atoms with E-state index in [2.05, 4.69) is 4.72 Å². The summed E-state index contributed by atoms with van der Waals surface area (Å²) in [5, 5.41) is 8.79. The van der Waals surface area contributed by atoms with Crippen LogP contribution in [0.3, 0.4) is 0 Å². The second kappa shape index (κ2) is 7.37. The summed E-state index contributed by atoms with van der Waals surface area (Å²) in [7, 11) is -3.71. The minimum absolute atomic E-state index is 0.0292. The van der Waals surface area contributed by atoms with Crippen molar-refractivity contribution >= 4 is 21.9 Å². The van der Waals surface area contributed by atoms with Crippen molar-refractivity contribution < 1.29 is 23.1 Å². The Hall–Kier alpha value is -1.93. The molecule has 0 saturated heterocycles. The molecule has 0 atom stereocenters. The zero-order valence-electron chi connectivity index (χ0n) is 12.7. The number of likely N-dealkylation sites (N-methyl/N-ethyl adjacent to an activating group) is 1. The maximum atomic E-state index is 12.3. The molecule has 0 bridgehead atoms. The van der Waals surface area contributed by atoms with E-state index in [1.54, 1.807) is 20.8 Å². The van der Waals surface area contributed by atoms with Gasteiger partial charge < -0.3 is 10.0 Å². The average Bonchev–Trinajstić information content (AvgIpc) is 2.42. The summed E-state index contributed by atoms with van der Waals surface area (Å²) in [5.74, 6) is -1.65. The highest BCUT2D eigenvalue weighted by atomic mass is 32.2. The van der Waals surface area contributed by atoms with Crippen molar-refractivity contribution in [3.05, 3.63) is 29.8 Å². The smallest absolute Gasteiger partial charge is 0.323 e. The van der Waals surface area contributed by atoms with Crippen LogP contribution in [0.2, 0.25) is 0 Å². The summed E-state index contributed by atoms with van der Waals surface area (Å²) in [6.45, 7) is 4.82. The Balaban J connectivity index is 3.10. The quantitative estimate of drug-likeness (QED) is 0.774. The van der Waals surface area contributed by atoms with Gasteiger partial charge in [-0.05, 0) is 39.0 Å². The van der Waals surface area contributed by atoms with E-state index in [0.717, 1.165) is 4.90 Å². The van der Waals surface area contributed by atoms with Gasteiger partial charge in [-0.3, -0.25) is 9.59 Å². The molecule has 22 heavy (non-hydrogen) atoms. The number of carboxylic acids is 1. The second-order valence-electron chi connectivity index (χ2n) is 5.02. The van der Waals surface area contributed by atoms with Crippen LogP contribution < -0.4 is 4.72 Å². The summed E-state index contributed by atoms with van der Waals surface area (Å²) in [4.78, 5) is 24.1. The molecule has 1 aromatic carbocycles. The Morgan fingerprint density at radius 3 is 2.45 bits per heavy atom. The third-order valence-electron chi connectivity index (χ3n) is 2.78. The average molecular weight is 328 g/mol. The zero-order valence-corrected chi connectivity index (χ0v) is 13.6. The van der Waals surface area contributed by atoms with Crippen molar-refractivity contribution in [3.63, 3.8) is 0 Å². The molecule has 0 aliphatic heterocycles. The maximum absolute atomic E-state index is 12.3. The first-order chi connectivity index (χ1) is 10.2. The van der Waals surface area contributed by atoms with E-state index in [-0.39, 0.29) is 23.0 Å². The Kier molecular flexibility index (Phi) is 6.07. The van der Waals surface area contributed by atoms with Gasteiger partial charge in [-0.2, -0.15) is 0 Å². The molecular formula is C14H20N2O5S. The standard InChI is InChI=1S/C14H20N2O5S/c1-4-16(9-13(17)18)14(19)11-6-5-7-12(8-11)22(20,21)15-10(2)3/h5-8,10,15H,4,9H2,1-3H3,(H,17,18).